The fourth-order valence-corrected chi connectivity index (χ4v) is 3.40. The summed E-state index contributed by atoms with van der Waals surface area (Å²) in [5.41, 5.74) is 2.09. The second kappa shape index (κ2) is 5.32. The summed E-state index contributed by atoms with van der Waals surface area (Å²) < 4.78 is 5.86. The average molecular weight is 299 g/mol. The molecule has 5 nitrogen and oxygen atoms in total. The minimum absolute atomic E-state index is 0.00762. The number of ether oxygens (including phenoxy) is 1. The number of rotatable bonds is 2. The molecule has 1 saturated carbocycles. The Hall–Kier alpha value is -2.01. The Balaban J connectivity index is 1.37. The van der Waals surface area contributed by atoms with E-state index < -0.39 is 0 Å². The Morgan fingerprint density at radius 2 is 2.23 bits per heavy atom. The standard InChI is InChI=1S/C17H21N3O2/c21-16(20-8-9-22-17(12-20)6-3-7-17)18-11-14-10-13-4-1-2-5-15(13)19-14/h1-2,4-5,10,19H,3,6-9,11-12H2,(H,18,21). The highest BCUT2D eigenvalue weighted by Gasteiger charge is 2.43. The maximum absolute atomic E-state index is 12.4. The van der Waals surface area contributed by atoms with Crippen LogP contribution in [0.15, 0.2) is 30.3 Å². The zero-order chi connectivity index (χ0) is 15.0. The van der Waals surface area contributed by atoms with Crippen molar-refractivity contribution < 1.29 is 9.53 Å². The minimum Gasteiger partial charge on any atom is -0.371 e. The molecule has 0 atom stereocenters. The zero-order valence-corrected chi connectivity index (χ0v) is 12.6. The second-order valence-electron chi connectivity index (χ2n) is 6.35. The molecular weight excluding hydrogens is 278 g/mol. The number of aromatic nitrogens is 1. The number of amides is 2. The van der Waals surface area contributed by atoms with Gasteiger partial charge in [0.2, 0.25) is 0 Å². The van der Waals surface area contributed by atoms with E-state index in [1.165, 1.54) is 11.8 Å². The highest BCUT2D eigenvalue weighted by Crippen LogP contribution is 2.38. The van der Waals surface area contributed by atoms with E-state index in [9.17, 15) is 4.79 Å². The molecule has 1 aliphatic carbocycles. The third kappa shape index (κ3) is 2.46. The molecule has 2 N–H and O–H groups in total. The monoisotopic (exact) mass is 299 g/mol. The number of fused-ring (bicyclic) bond motifs is 1. The molecule has 1 spiro atoms. The number of carbonyl (C=O) groups is 1. The molecule has 0 radical (unpaired) electrons. The first kappa shape index (κ1) is 13.6. The van der Waals surface area contributed by atoms with Crippen molar-refractivity contribution >= 4 is 16.9 Å². The molecule has 2 amide bonds. The SMILES string of the molecule is O=C(NCc1cc2ccccc2[nH]1)N1CCOC2(CCC2)C1. The number of urea groups is 1. The van der Waals surface area contributed by atoms with Gasteiger partial charge in [-0.3, -0.25) is 0 Å². The van der Waals surface area contributed by atoms with E-state index in [4.69, 9.17) is 4.74 Å². The van der Waals surface area contributed by atoms with E-state index in [0.29, 0.717) is 19.7 Å². The molecule has 22 heavy (non-hydrogen) atoms. The number of benzene rings is 1. The van der Waals surface area contributed by atoms with Crippen LogP contribution in [0.4, 0.5) is 4.79 Å². The van der Waals surface area contributed by atoms with E-state index in [-0.39, 0.29) is 11.6 Å². The molecule has 1 saturated heterocycles. The Morgan fingerprint density at radius 1 is 1.36 bits per heavy atom. The summed E-state index contributed by atoms with van der Waals surface area (Å²) in [5.74, 6) is 0. The topological polar surface area (TPSA) is 57.4 Å². The number of aromatic amines is 1. The zero-order valence-electron chi connectivity index (χ0n) is 12.6. The smallest absolute Gasteiger partial charge is 0.317 e. The Morgan fingerprint density at radius 3 is 3.00 bits per heavy atom. The highest BCUT2D eigenvalue weighted by atomic mass is 16.5. The van der Waals surface area contributed by atoms with Gasteiger partial charge in [0.05, 0.1) is 25.3 Å². The first-order valence-electron chi connectivity index (χ1n) is 7.98. The lowest BCUT2D eigenvalue weighted by Crippen LogP contribution is -2.58. The van der Waals surface area contributed by atoms with E-state index in [0.717, 1.165) is 30.6 Å². The van der Waals surface area contributed by atoms with Crippen molar-refractivity contribution in [3.63, 3.8) is 0 Å². The summed E-state index contributed by atoms with van der Waals surface area (Å²) in [4.78, 5) is 17.6. The number of nitrogens with zero attached hydrogens (tertiary/aromatic N) is 1. The maximum atomic E-state index is 12.4. The summed E-state index contributed by atoms with van der Waals surface area (Å²) in [6.45, 7) is 2.59. The molecule has 0 bridgehead atoms. The lowest BCUT2D eigenvalue weighted by molar-refractivity contribution is -0.141. The van der Waals surface area contributed by atoms with Gasteiger partial charge in [0.15, 0.2) is 0 Å². The lowest BCUT2D eigenvalue weighted by Gasteiger charge is -2.48. The number of H-pyrrole nitrogens is 1. The van der Waals surface area contributed by atoms with Crippen LogP contribution in [0.5, 0.6) is 0 Å². The van der Waals surface area contributed by atoms with Crippen LogP contribution in [0.2, 0.25) is 0 Å². The molecule has 2 aromatic rings. The molecule has 2 fully saturated rings. The first-order chi connectivity index (χ1) is 10.7. The fraction of sp³-hybridized carbons (Fsp3) is 0.471. The van der Waals surface area contributed by atoms with Crippen molar-refractivity contribution in [3.8, 4) is 0 Å². The maximum Gasteiger partial charge on any atom is 0.317 e. The average Bonchev–Trinajstić information content (AvgIpc) is 2.94. The van der Waals surface area contributed by atoms with Crippen LogP contribution in [0.25, 0.3) is 10.9 Å². The van der Waals surface area contributed by atoms with Gasteiger partial charge in [-0.05, 0) is 36.8 Å². The van der Waals surface area contributed by atoms with Gasteiger partial charge in [0.1, 0.15) is 0 Å². The van der Waals surface area contributed by atoms with Gasteiger partial charge in [0, 0.05) is 17.8 Å². The summed E-state index contributed by atoms with van der Waals surface area (Å²) >= 11 is 0. The first-order valence-corrected chi connectivity index (χ1v) is 7.98. The van der Waals surface area contributed by atoms with E-state index in [1.54, 1.807) is 0 Å². The molecule has 116 valence electrons. The van der Waals surface area contributed by atoms with E-state index in [1.807, 2.05) is 23.1 Å². The summed E-state index contributed by atoms with van der Waals surface area (Å²) in [6.07, 6.45) is 3.38. The van der Waals surface area contributed by atoms with Gasteiger partial charge in [0.25, 0.3) is 0 Å². The predicted octanol–water partition coefficient (Wildman–Crippen LogP) is 2.63. The van der Waals surface area contributed by atoms with Crippen LogP contribution in [-0.2, 0) is 11.3 Å². The van der Waals surface area contributed by atoms with Gasteiger partial charge in [-0.2, -0.15) is 0 Å². The van der Waals surface area contributed by atoms with Gasteiger partial charge in [-0.15, -0.1) is 0 Å². The normalized spacial score (nSPS) is 20.1. The van der Waals surface area contributed by atoms with Gasteiger partial charge < -0.3 is 19.9 Å². The van der Waals surface area contributed by atoms with E-state index >= 15 is 0 Å². The molecule has 1 aromatic heterocycles. The number of morpholine rings is 1. The summed E-state index contributed by atoms with van der Waals surface area (Å²) in [6, 6.07) is 10.2. The number of carbonyl (C=O) groups excluding carboxylic acids is 1. The quantitative estimate of drug-likeness (QED) is 0.895. The molecule has 2 heterocycles. The second-order valence-corrected chi connectivity index (χ2v) is 6.35. The third-order valence-corrected chi connectivity index (χ3v) is 4.82. The molecular formula is C17H21N3O2. The number of nitrogens with one attached hydrogen (secondary N) is 2. The van der Waals surface area contributed by atoms with Crippen molar-refractivity contribution in [3.05, 3.63) is 36.0 Å². The molecule has 4 rings (SSSR count). The summed E-state index contributed by atoms with van der Waals surface area (Å²) in [5, 5.41) is 4.19. The number of hydrogen-bond acceptors (Lipinski definition) is 2. The third-order valence-electron chi connectivity index (χ3n) is 4.82. The number of para-hydroxylation sites is 1. The van der Waals surface area contributed by atoms with Crippen molar-refractivity contribution in [2.75, 3.05) is 19.7 Å². The molecule has 1 aliphatic heterocycles. The molecule has 2 aliphatic rings. The summed E-state index contributed by atoms with van der Waals surface area (Å²) in [7, 11) is 0. The largest absolute Gasteiger partial charge is 0.371 e. The van der Waals surface area contributed by atoms with Crippen LogP contribution in [0.1, 0.15) is 25.0 Å². The predicted molar refractivity (Wildman–Crippen MR) is 84.6 cm³/mol. The van der Waals surface area contributed by atoms with E-state index in [2.05, 4.69) is 22.4 Å². The van der Waals surface area contributed by atoms with Gasteiger partial charge in [-0.1, -0.05) is 18.2 Å². The van der Waals surface area contributed by atoms with Crippen LogP contribution in [0.3, 0.4) is 0 Å². The highest BCUT2D eigenvalue weighted by molar-refractivity contribution is 5.80. The lowest BCUT2D eigenvalue weighted by atomic mass is 9.79. The van der Waals surface area contributed by atoms with Gasteiger partial charge >= 0.3 is 6.03 Å². The Labute approximate surface area is 129 Å². The van der Waals surface area contributed by atoms with Crippen LogP contribution in [-0.4, -0.2) is 41.2 Å². The van der Waals surface area contributed by atoms with Crippen LogP contribution < -0.4 is 5.32 Å². The van der Waals surface area contributed by atoms with Crippen LogP contribution >= 0.6 is 0 Å². The fourth-order valence-electron chi connectivity index (χ4n) is 3.40. The minimum atomic E-state index is -0.0449. The molecule has 0 unspecified atom stereocenters. The van der Waals surface area contributed by atoms with Crippen molar-refractivity contribution in [2.24, 2.45) is 0 Å². The van der Waals surface area contributed by atoms with Crippen molar-refractivity contribution in [1.82, 2.24) is 15.2 Å². The van der Waals surface area contributed by atoms with Crippen molar-refractivity contribution in [1.29, 1.82) is 0 Å². The van der Waals surface area contributed by atoms with Gasteiger partial charge in [-0.25, -0.2) is 4.79 Å². The Kier molecular flexibility index (Phi) is 3.30. The number of hydrogen-bond donors (Lipinski definition) is 2. The molecule has 5 heteroatoms. The van der Waals surface area contributed by atoms with Crippen molar-refractivity contribution in [2.45, 2.75) is 31.4 Å². The Bertz CT molecular complexity index is 657. The van der Waals surface area contributed by atoms with Crippen LogP contribution in [0, 0.1) is 0 Å². The molecule has 1 aromatic carbocycles.